The maximum absolute atomic E-state index is 6.62. The van der Waals surface area contributed by atoms with E-state index in [0.29, 0.717) is 0 Å². The molecule has 2 aliphatic heterocycles. The topological polar surface area (TPSA) is 27.3 Å². The third-order valence-corrected chi connectivity index (χ3v) is 7.14. The molecular formula is C30H24BIrN2O2-. The van der Waals surface area contributed by atoms with Crippen molar-refractivity contribution in [2.75, 3.05) is 0 Å². The summed E-state index contributed by atoms with van der Waals surface area (Å²) in [5, 5.41) is 0. The van der Waals surface area contributed by atoms with Crippen molar-refractivity contribution in [2.24, 2.45) is 7.05 Å². The summed E-state index contributed by atoms with van der Waals surface area (Å²) >= 11 is 0. The van der Waals surface area contributed by atoms with Crippen molar-refractivity contribution in [1.29, 1.82) is 0 Å². The van der Waals surface area contributed by atoms with Crippen LogP contribution in [0.5, 0.6) is 23.0 Å². The molecule has 0 bridgehead atoms. The summed E-state index contributed by atoms with van der Waals surface area (Å²) in [6.45, 7) is 6.72. The summed E-state index contributed by atoms with van der Waals surface area (Å²) in [5.74, 6) is 3.43. The standard InChI is InChI=1S/C30H24BN2O2.Ir/c1-30(2,3)19-10-9-11-20(16-19)33-18-32(4)28-23(33)17-26-27-29(28)35-25-15-8-6-13-22(25)31(27)21-12-5-7-14-24(21)34-26;/h5-10,12-17H,1-4H3;/q-1;. The Kier molecular flexibility index (Phi) is 5.19. The summed E-state index contributed by atoms with van der Waals surface area (Å²) in [7, 11) is 2.02. The average molecular weight is 648 g/mol. The Balaban J connectivity index is 0.00000240. The molecule has 0 saturated heterocycles. The molecule has 0 N–H and O–H groups in total. The van der Waals surface area contributed by atoms with Crippen LogP contribution >= 0.6 is 0 Å². The van der Waals surface area contributed by atoms with Gasteiger partial charge in [0.15, 0.2) is 0 Å². The zero-order valence-corrected chi connectivity index (χ0v) is 22.9. The van der Waals surface area contributed by atoms with Crippen molar-refractivity contribution in [1.82, 2.24) is 4.57 Å². The quantitative estimate of drug-likeness (QED) is 0.153. The number of imidazole rings is 1. The van der Waals surface area contributed by atoms with Crippen LogP contribution in [-0.2, 0) is 32.6 Å². The summed E-state index contributed by atoms with van der Waals surface area (Å²) in [5.41, 5.74) is 7.58. The van der Waals surface area contributed by atoms with E-state index in [1.54, 1.807) is 0 Å². The number of hydrogen-bond acceptors (Lipinski definition) is 2. The smallest absolute Gasteiger partial charge is 0.259 e. The maximum atomic E-state index is 6.62. The molecule has 0 amide bonds. The number of aromatic nitrogens is 2. The van der Waals surface area contributed by atoms with Gasteiger partial charge >= 0.3 is 0 Å². The molecule has 4 nitrogen and oxygen atoms in total. The van der Waals surface area contributed by atoms with Crippen molar-refractivity contribution < 1.29 is 34.1 Å². The molecule has 0 fully saturated rings. The van der Waals surface area contributed by atoms with Crippen molar-refractivity contribution in [3.8, 4) is 28.7 Å². The second-order valence-electron chi connectivity index (χ2n) is 10.4. The molecule has 0 atom stereocenters. The number of rotatable bonds is 1. The van der Waals surface area contributed by atoms with E-state index in [9.17, 15) is 0 Å². The second kappa shape index (κ2) is 8.09. The van der Waals surface area contributed by atoms with Gasteiger partial charge in [0.1, 0.15) is 28.5 Å². The predicted molar refractivity (Wildman–Crippen MR) is 139 cm³/mol. The van der Waals surface area contributed by atoms with Gasteiger partial charge in [0, 0.05) is 25.6 Å². The van der Waals surface area contributed by atoms with Gasteiger partial charge in [0.05, 0.1) is 12.6 Å². The Hall–Kier alpha value is -3.34. The van der Waals surface area contributed by atoms with Crippen LogP contribution in [-0.4, -0.2) is 11.3 Å². The molecule has 36 heavy (non-hydrogen) atoms. The van der Waals surface area contributed by atoms with Gasteiger partial charge in [-0.1, -0.05) is 62.9 Å². The van der Waals surface area contributed by atoms with Gasteiger partial charge in [-0.15, -0.1) is 0 Å². The fourth-order valence-electron chi connectivity index (χ4n) is 5.40. The van der Waals surface area contributed by atoms with Crippen LogP contribution in [0.3, 0.4) is 0 Å². The Labute approximate surface area is 224 Å². The van der Waals surface area contributed by atoms with Gasteiger partial charge in [-0.25, -0.2) is 0 Å². The molecule has 0 saturated carbocycles. The van der Waals surface area contributed by atoms with Crippen molar-refractivity contribution in [3.63, 3.8) is 0 Å². The zero-order valence-electron chi connectivity index (χ0n) is 20.5. The van der Waals surface area contributed by atoms with Crippen LogP contribution in [0, 0.1) is 12.4 Å². The number of aryl methyl sites for hydroxylation is 1. The minimum absolute atomic E-state index is 0. The molecule has 179 valence electrons. The molecule has 3 heterocycles. The maximum Gasteiger partial charge on any atom is 0.259 e. The first kappa shape index (κ1) is 23.1. The van der Waals surface area contributed by atoms with Crippen LogP contribution in [0.4, 0.5) is 0 Å². The molecule has 0 aliphatic carbocycles. The molecule has 0 unspecified atom stereocenters. The van der Waals surface area contributed by atoms with Gasteiger partial charge in [-0.3, -0.25) is 0 Å². The number of ether oxygens (including phenoxy) is 2. The molecule has 6 heteroatoms. The molecular weight excluding hydrogens is 623 g/mol. The van der Waals surface area contributed by atoms with E-state index in [2.05, 4.69) is 86.3 Å². The number of nitrogens with zero attached hydrogens (tertiary/aromatic N) is 2. The molecule has 0 spiro atoms. The molecule has 1 radical (unpaired) electrons. The summed E-state index contributed by atoms with van der Waals surface area (Å²) < 4.78 is 17.2. The van der Waals surface area contributed by atoms with Crippen LogP contribution < -0.4 is 30.4 Å². The first-order chi connectivity index (χ1) is 16.9. The van der Waals surface area contributed by atoms with Gasteiger partial charge in [0.2, 0.25) is 6.33 Å². The first-order valence-corrected chi connectivity index (χ1v) is 12.0. The third-order valence-electron chi connectivity index (χ3n) is 7.14. The van der Waals surface area contributed by atoms with E-state index in [0.717, 1.165) is 56.1 Å². The molecule has 1 aromatic heterocycles. The minimum Gasteiger partial charge on any atom is -0.464 e. The molecule has 4 aromatic carbocycles. The zero-order chi connectivity index (χ0) is 23.9. The fraction of sp³-hybridized carbons (Fsp3) is 0.167. The number of fused-ring (bicyclic) bond motifs is 6. The monoisotopic (exact) mass is 648 g/mol. The van der Waals surface area contributed by atoms with Crippen molar-refractivity contribution >= 4 is 34.1 Å². The van der Waals surface area contributed by atoms with Crippen LogP contribution in [0.2, 0.25) is 0 Å². The summed E-state index contributed by atoms with van der Waals surface area (Å²) in [6, 6.07) is 28.5. The van der Waals surface area contributed by atoms with E-state index in [1.807, 2.05) is 35.9 Å². The Morgan fingerprint density at radius 1 is 0.861 bits per heavy atom. The van der Waals surface area contributed by atoms with Crippen LogP contribution in [0.1, 0.15) is 26.3 Å². The van der Waals surface area contributed by atoms with Gasteiger partial charge < -0.3 is 18.6 Å². The molecule has 2 aliphatic rings. The Bertz CT molecular complexity index is 1660. The van der Waals surface area contributed by atoms with E-state index >= 15 is 0 Å². The Morgan fingerprint density at radius 2 is 1.53 bits per heavy atom. The van der Waals surface area contributed by atoms with Crippen LogP contribution in [0.15, 0.2) is 72.8 Å². The largest absolute Gasteiger partial charge is 0.464 e. The SMILES string of the molecule is C[n+]1[c-]n(-c2[c-]ccc(C(C)(C)C)c2)c2cc3c4c(c21)Oc1ccccc1B4c1ccccc1O3.[Ir]. The summed E-state index contributed by atoms with van der Waals surface area (Å²) in [4.78, 5) is 0. The van der Waals surface area contributed by atoms with Crippen molar-refractivity contribution in [2.45, 2.75) is 26.2 Å². The van der Waals surface area contributed by atoms with E-state index in [1.165, 1.54) is 5.56 Å². The van der Waals surface area contributed by atoms with Gasteiger partial charge in [-0.2, -0.15) is 29.8 Å². The van der Waals surface area contributed by atoms with Gasteiger partial charge in [-0.05, 0) is 34.5 Å². The van der Waals surface area contributed by atoms with Crippen LogP contribution in [0.25, 0.3) is 16.7 Å². The Morgan fingerprint density at radius 3 is 2.22 bits per heavy atom. The van der Waals surface area contributed by atoms with Crippen molar-refractivity contribution in [3.05, 3.63) is 90.8 Å². The molecule has 7 rings (SSSR count). The average Bonchev–Trinajstić information content (AvgIpc) is 3.19. The first-order valence-electron chi connectivity index (χ1n) is 12.0. The number of hydrogen-bond donors (Lipinski definition) is 0. The third kappa shape index (κ3) is 3.28. The predicted octanol–water partition coefficient (Wildman–Crippen LogP) is 4.08. The fourth-order valence-corrected chi connectivity index (χ4v) is 5.40. The van der Waals surface area contributed by atoms with E-state index in [-0.39, 0.29) is 32.2 Å². The van der Waals surface area contributed by atoms with Gasteiger partial charge in [0.25, 0.3) is 6.71 Å². The second-order valence-corrected chi connectivity index (χ2v) is 10.4. The molecule has 5 aromatic rings. The van der Waals surface area contributed by atoms with E-state index in [4.69, 9.17) is 9.47 Å². The number of para-hydroxylation sites is 2. The minimum atomic E-state index is 0. The van der Waals surface area contributed by atoms with E-state index < -0.39 is 0 Å². The number of benzene rings is 4. The summed E-state index contributed by atoms with van der Waals surface area (Å²) in [6.07, 6.45) is 3.50. The normalized spacial score (nSPS) is 13.2.